The molecule has 2 aliphatic heterocycles. The van der Waals surface area contributed by atoms with E-state index in [1.807, 2.05) is 74.5 Å². The normalized spacial score (nSPS) is 17.3. The van der Waals surface area contributed by atoms with E-state index in [0.717, 1.165) is 22.5 Å². The van der Waals surface area contributed by atoms with Crippen LogP contribution in [0.25, 0.3) is 5.57 Å². The van der Waals surface area contributed by atoms with Crippen LogP contribution in [0.5, 0.6) is 0 Å². The summed E-state index contributed by atoms with van der Waals surface area (Å²) in [5.41, 5.74) is 1.64. The van der Waals surface area contributed by atoms with Crippen LogP contribution < -0.4 is 16.0 Å². The van der Waals surface area contributed by atoms with Crippen LogP contribution in [0.15, 0.2) is 83.4 Å². The van der Waals surface area contributed by atoms with Crippen molar-refractivity contribution in [3.05, 3.63) is 100 Å². The fourth-order valence-electron chi connectivity index (χ4n) is 5.43. The van der Waals surface area contributed by atoms with E-state index < -0.39 is 53.1 Å². The van der Waals surface area contributed by atoms with Crippen LogP contribution in [-0.2, 0) is 28.6 Å². The molecule has 0 radical (unpaired) electrons. The topological polar surface area (TPSA) is 165 Å². The highest BCUT2D eigenvalue weighted by molar-refractivity contribution is 8.00. The van der Waals surface area contributed by atoms with Crippen molar-refractivity contribution in [2.45, 2.75) is 57.7 Å². The van der Waals surface area contributed by atoms with Gasteiger partial charge in [0.2, 0.25) is 0 Å². The predicted molar refractivity (Wildman–Crippen MR) is 198 cm³/mol. The number of benzene rings is 2. The second-order valence-electron chi connectivity index (χ2n) is 13.2. The summed E-state index contributed by atoms with van der Waals surface area (Å²) in [6, 6.07) is 17.5. The van der Waals surface area contributed by atoms with E-state index in [9.17, 15) is 24.0 Å². The molecule has 0 spiro atoms. The van der Waals surface area contributed by atoms with Crippen LogP contribution in [0.3, 0.4) is 0 Å². The molecule has 2 aliphatic rings. The lowest BCUT2D eigenvalue weighted by Crippen LogP contribution is -2.70. The molecule has 3 aromatic rings. The van der Waals surface area contributed by atoms with Gasteiger partial charge in [0.05, 0.1) is 11.3 Å². The highest BCUT2D eigenvalue weighted by Gasteiger charge is 2.55. The number of ether oxygens (including phenoxy) is 3. The van der Waals surface area contributed by atoms with Crippen LogP contribution in [0.1, 0.15) is 57.5 Å². The lowest BCUT2D eigenvalue weighted by molar-refractivity contribution is -0.154. The molecule has 1 saturated heterocycles. The molecule has 15 heteroatoms. The summed E-state index contributed by atoms with van der Waals surface area (Å²) in [7, 11) is 1.42. The van der Waals surface area contributed by atoms with Crippen molar-refractivity contribution in [1.29, 1.82) is 0 Å². The third-order valence-corrected chi connectivity index (χ3v) is 9.77. The maximum absolute atomic E-state index is 14.1. The number of hydrogen-bond acceptors (Lipinski definition) is 11. The molecular weight excluding hydrogens is 707 g/mol. The zero-order valence-corrected chi connectivity index (χ0v) is 31.3. The average molecular weight is 748 g/mol. The number of rotatable bonds is 11. The molecular formula is C37H41N5O8S2. The SMILES string of the molecule is CNC(=O)OCC1=C(C(=O)OC(c2ccccc2)c2ccccc2)N2C(=O)[C@@H](NC(=O)C(=CC(C)C)c3csc(NC(=O)OC(C)(C)C)n3)[C@H]2SC1. The number of aromatic nitrogens is 1. The molecule has 13 nitrogen and oxygen atoms in total. The number of β-lactam (4-membered cyclic amide) rings is 1. The number of hydrogen-bond donors (Lipinski definition) is 3. The first-order valence-electron chi connectivity index (χ1n) is 16.6. The Morgan fingerprint density at radius 3 is 2.21 bits per heavy atom. The Labute approximate surface area is 310 Å². The Morgan fingerprint density at radius 2 is 1.63 bits per heavy atom. The summed E-state index contributed by atoms with van der Waals surface area (Å²) in [6.45, 7) is 8.78. The zero-order chi connectivity index (χ0) is 37.6. The third kappa shape index (κ3) is 9.19. The van der Waals surface area contributed by atoms with Gasteiger partial charge in [-0.1, -0.05) is 80.6 Å². The van der Waals surface area contributed by atoms with Crippen molar-refractivity contribution in [3.8, 4) is 0 Å². The summed E-state index contributed by atoms with van der Waals surface area (Å²) in [5, 5.41) is 9.04. The van der Waals surface area contributed by atoms with Crippen molar-refractivity contribution in [3.63, 3.8) is 0 Å². The van der Waals surface area contributed by atoms with Crippen LogP contribution >= 0.6 is 23.1 Å². The number of esters is 1. The smallest absolute Gasteiger partial charge is 0.413 e. The number of carbonyl (C=O) groups is 5. The first-order chi connectivity index (χ1) is 24.8. The fraction of sp³-hybridized carbons (Fsp3) is 0.351. The van der Waals surface area contributed by atoms with Crippen LogP contribution in [0.4, 0.5) is 14.7 Å². The number of nitrogens with zero attached hydrogens (tertiary/aromatic N) is 2. The van der Waals surface area contributed by atoms with Crippen LogP contribution in [0, 0.1) is 5.92 Å². The molecule has 274 valence electrons. The Morgan fingerprint density at radius 1 is 1.00 bits per heavy atom. The van der Waals surface area contributed by atoms with Gasteiger partial charge in [-0.25, -0.2) is 19.4 Å². The zero-order valence-electron chi connectivity index (χ0n) is 29.6. The van der Waals surface area contributed by atoms with Gasteiger partial charge in [0.15, 0.2) is 11.2 Å². The van der Waals surface area contributed by atoms with E-state index in [1.165, 1.54) is 23.7 Å². The molecule has 0 bridgehead atoms. The monoisotopic (exact) mass is 747 g/mol. The second kappa shape index (κ2) is 16.5. The molecule has 0 unspecified atom stereocenters. The van der Waals surface area contributed by atoms with Gasteiger partial charge in [0, 0.05) is 23.8 Å². The predicted octanol–water partition coefficient (Wildman–Crippen LogP) is 5.87. The summed E-state index contributed by atoms with van der Waals surface area (Å²) >= 11 is 2.45. The third-order valence-electron chi connectivity index (χ3n) is 7.67. The van der Waals surface area contributed by atoms with Gasteiger partial charge >= 0.3 is 18.2 Å². The first kappa shape index (κ1) is 38.1. The van der Waals surface area contributed by atoms with E-state index in [0.29, 0.717) is 11.3 Å². The van der Waals surface area contributed by atoms with Crippen molar-refractivity contribution in [2.24, 2.45) is 5.92 Å². The number of nitrogens with one attached hydrogen (secondary N) is 3. The van der Waals surface area contributed by atoms with Gasteiger partial charge in [-0.05, 0) is 37.8 Å². The molecule has 1 fully saturated rings. The number of carbonyl (C=O) groups excluding carboxylic acids is 5. The highest BCUT2D eigenvalue weighted by Crippen LogP contribution is 2.42. The van der Waals surface area contributed by atoms with Gasteiger partial charge < -0.3 is 24.8 Å². The van der Waals surface area contributed by atoms with Crippen LogP contribution in [0.2, 0.25) is 0 Å². The van der Waals surface area contributed by atoms with Crippen molar-refractivity contribution in [1.82, 2.24) is 20.5 Å². The molecule has 52 heavy (non-hydrogen) atoms. The fourth-order valence-corrected chi connectivity index (χ4v) is 7.45. The number of thiazole rings is 1. The lowest BCUT2D eigenvalue weighted by atomic mass is 10.00. The van der Waals surface area contributed by atoms with Gasteiger partial charge in [-0.2, -0.15) is 0 Å². The molecule has 4 amide bonds. The number of thioether (sulfide) groups is 1. The van der Waals surface area contributed by atoms with Gasteiger partial charge in [0.1, 0.15) is 29.3 Å². The summed E-state index contributed by atoms with van der Waals surface area (Å²) in [5.74, 6) is -1.68. The van der Waals surface area contributed by atoms with E-state index >= 15 is 0 Å². The summed E-state index contributed by atoms with van der Waals surface area (Å²) in [4.78, 5) is 71.8. The standard InChI is InChI=1S/C37H41N5O8S2/c1-21(2)17-25(26-20-52-34(39-26)41-36(47)50-37(3,4)5)30(43)40-27-31(44)42-28(24(19-51-32(27)42)18-48-35(46)38-6)33(45)49-29(22-13-9-7-10-14-22)23-15-11-8-12-16-23/h7-17,20-21,27,29,32H,18-19H2,1-6H3,(H,38,46)(H,40,43)(H,39,41,47)/t27-,32-/m1/s1. The first-order valence-corrected chi connectivity index (χ1v) is 18.5. The van der Waals surface area contributed by atoms with Crippen molar-refractivity contribution < 1.29 is 38.2 Å². The number of fused-ring (bicyclic) bond motifs is 1. The van der Waals surface area contributed by atoms with Gasteiger partial charge in [-0.3, -0.25) is 19.8 Å². The molecule has 5 rings (SSSR count). The molecule has 2 aromatic carbocycles. The van der Waals surface area contributed by atoms with E-state index in [4.69, 9.17) is 14.2 Å². The highest BCUT2D eigenvalue weighted by atomic mass is 32.2. The molecule has 0 aliphatic carbocycles. The average Bonchev–Trinajstić information content (AvgIpc) is 3.57. The molecule has 3 N–H and O–H groups in total. The Hall–Kier alpha value is -5.15. The van der Waals surface area contributed by atoms with E-state index in [2.05, 4.69) is 20.9 Å². The number of allylic oxidation sites excluding steroid dienone is 1. The largest absolute Gasteiger partial charge is 0.448 e. The number of amides is 4. The molecule has 1 aromatic heterocycles. The number of anilines is 1. The van der Waals surface area contributed by atoms with E-state index in [1.54, 1.807) is 32.2 Å². The minimum absolute atomic E-state index is 0.0321. The molecule has 0 saturated carbocycles. The van der Waals surface area contributed by atoms with Crippen molar-refractivity contribution in [2.75, 3.05) is 24.7 Å². The maximum Gasteiger partial charge on any atom is 0.413 e. The van der Waals surface area contributed by atoms with Crippen molar-refractivity contribution >= 4 is 63.8 Å². The van der Waals surface area contributed by atoms with Gasteiger partial charge in [0.25, 0.3) is 11.8 Å². The maximum atomic E-state index is 14.1. The quantitative estimate of drug-likeness (QED) is 0.0935. The molecule has 2 atom stereocenters. The Balaban J connectivity index is 1.38. The lowest BCUT2D eigenvalue weighted by Gasteiger charge is -2.49. The minimum Gasteiger partial charge on any atom is -0.448 e. The second-order valence-corrected chi connectivity index (χ2v) is 15.2. The Kier molecular flexibility index (Phi) is 12.1. The molecule has 3 heterocycles. The summed E-state index contributed by atoms with van der Waals surface area (Å²) < 4.78 is 16.7. The van der Waals surface area contributed by atoms with E-state index in [-0.39, 0.29) is 34.7 Å². The summed E-state index contributed by atoms with van der Waals surface area (Å²) in [6.07, 6.45) is -0.446. The Bertz CT molecular complexity index is 1830. The minimum atomic E-state index is -0.977. The van der Waals surface area contributed by atoms with Crippen LogP contribution in [-0.4, -0.2) is 76.3 Å². The van der Waals surface area contributed by atoms with Gasteiger partial charge in [-0.15, -0.1) is 23.1 Å². The number of alkyl carbamates (subject to hydrolysis) is 1.